The molecule has 0 unspecified atom stereocenters. The molecule has 0 radical (unpaired) electrons. The van der Waals surface area contributed by atoms with Gasteiger partial charge in [0.25, 0.3) is 0 Å². The first kappa shape index (κ1) is 6.46. The molecule has 0 aromatic rings. The van der Waals surface area contributed by atoms with Gasteiger partial charge in [0.15, 0.2) is 0 Å². The number of piperazine rings is 1. The van der Waals surface area contributed by atoms with Crippen molar-refractivity contribution in [2.45, 2.75) is 18.4 Å². The molecular formula is C8H10N2O2. The van der Waals surface area contributed by atoms with Crippen LogP contribution in [0.2, 0.25) is 0 Å². The van der Waals surface area contributed by atoms with Crippen LogP contribution in [0, 0.1) is 5.92 Å². The zero-order valence-corrected chi connectivity index (χ0v) is 6.67. The molecule has 4 aliphatic rings. The van der Waals surface area contributed by atoms with E-state index in [4.69, 9.17) is 0 Å². The van der Waals surface area contributed by atoms with Gasteiger partial charge >= 0.3 is 0 Å². The third kappa shape index (κ3) is 0.489. The van der Waals surface area contributed by atoms with Gasteiger partial charge in [-0.3, -0.25) is 9.59 Å². The molecule has 0 aromatic heterocycles. The van der Waals surface area contributed by atoms with Gasteiger partial charge in [0.05, 0.1) is 6.54 Å². The molecule has 1 N–H and O–H groups in total. The quantitative estimate of drug-likeness (QED) is 0.507. The minimum absolute atomic E-state index is 0.0656. The Kier molecular flexibility index (Phi) is 0.888. The van der Waals surface area contributed by atoms with Crippen molar-refractivity contribution in [2.75, 3.05) is 13.1 Å². The zero-order chi connectivity index (χ0) is 8.34. The van der Waals surface area contributed by atoms with Crippen LogP contribution >= 0.6 is 0 Å². The summed E-state index contributed by atoms with van der Waals surface area (Å²) in [5.41, 5.74) is -0.403. The van der Waals surface area contributed by atoms with Crippen molar-refractivity contribution in [1.29, 1.82) is 0 Å². The van der Waals surface area contributed by atoms with Crippen molar-refractivity contribution in [3.63, 3.8) is 0 Å². The molecular weight excluding hydrogens is 156 g/mol. The molecule has 0 atom stereocenters. The summed E-state index contributed by atoms with van der Waals surface area (Å²) < 4.78 is 0. The first-order chi connectivity index (χ1) is 5.72. The van der Waals surface area contributed by atoms with E-state index in [0.29, 0.717) is 5.92 Å². The number of amides is 2. The lowest BCUT2D eigenvalue weighted by Gasteiger charge is -2.43. The van der Waals surface area contributed by atoms with Gasteiger partial charge in [0, 0.05) is 6.54 Å². The summed E-state index contributed by atoms with van der Waals surface area (Å²) in [6, 6.07) is 0. The van der Waals surface area contributed by atoms with Gasteiger partial charge in [-0.1, -0.05) is 0 Å². The largest absolute Gasteiger partial charge is 0.345 e. The third-order valence-electron chi connectivity index (χ3n) is 3.33. The first-order valence-corrected chi connectivity index (χ1v) is 4.31. The van der Waals surface area contributed by atoms with Gasteiger partial charge in [-0.05, 0) is 18.8 Å². The van der Waals surface area contributed by atoms with E-state index in [1.54, 1.807) is 4.90 Å². The molecule has 4 rings (SSSR count). The fraction of sp³-hybridized carbons (Fsp3) is 0.750. The maximum Gasteiger partial charge on any atom is 0.246 e. The minimum Gasteiger partial charge on any atom is -0.345 e. The standard InChI is InChI=1S/C8H10N2O2/c11-6-3-9-7(12)8-1-5(2-8)4-10(6)8/h5H,1-4H2,(H,9,12). The lowest BCUT2D eigenvalue weighted by Crippen LogP contribution is -2.65. The van der Waals surface area contributed by atoms with Gasteiger partial charge in [-0.25, -0.2) is 0 Å². The van der Waals surface area contributed by atoms with Crippen LogP contribution in [0.25, 0.3) is 0 Å². The minimum atomic E-state index is -0.403. The molecule has 3 heterocycles. The van der Waals surface area contributed by atoms with Crippen LogP contribution in [0.4, 0.5) is 0 Å². The second-order valence-electron chi connectivity index (χ2n) is 3.99. The molecule has 0 aromatic carbocycles. The number of carbonyl (C=O) groups is 2. The van der Waals surface area contributed by atoms with E-state index in [0.717, 1.165) is 19.4 Å². The number of hydrogen-bond donors (Lipinski definition) is 1. The van der Waals surface area contributed by atoms with E-state index in [9.17, 15) is 9.59 Å². The summed E-state index contributed by atoms with van der Waals surface area (Å²) in [6.45, 7) is 1.01. The molecule has 3 aliphatic heterocycles. The first-order valence-electron chi connectivity index (χ1n) is 4.31. The van der Waals surface area contributed by atoms with Crippen molar-refractivity contribution < 1.29 is 9.59 Å². The van der Waals surface area contributed by atoms with Gasteiger partial charge in [0.2, 0.25) is 11.8 Å². The zero-order valence-electron chi connectivity index (χ0n) is 6.67. The molecule has 1 aliphatic carbocycles. The molecule has 4 fully saturated rings. The molecule has 64 valence electrons. The molecule has 2 amide bonds. The number of nitrogens with one attached hydrogen (secondary N) is 1. The number of hydrogen-bond acceptors (Lipinski definition) is 2. The Morgan fingerprint density at radius 2 is 2.17 bits per heavy atom. The average molecular weight is 166 g/mol. The van der Waals surface area contributed by atoms with Crippen molar-refractivity contribution in [2.24, 2.45) is 5.92 Å². The van der Waals surface area contributed by atoms with E-state index in [1.807, 2.05) is 0 Å². The maximum absolute atomic E-state index is 11.5. The Hall–Kier alpha value is -1.06. The van der Waals surface area contributed by atoms with Gasteiger partial charge in [0.1, 0.15) is 5.54 Å². The number of rotatable bonds is 0. The highest BCUT2D eigenvalue weighted by Gasteiger charge is 2.63. The fourth-order valence-corrected chi connectivity index (χ4v) is 2.74. The Morgan fingerprint density at radius 1 is 1.42 bits per heavy atom. The van der Waals surface area contributed by atoms with Crippen LogP contribution in [-0.4, -0.2) is 35.3 Å². The van der Waals surface area contributed by atoms with Crippen LogP contribution in [0.15, 0.2) is 0 Å². The Balaban J connectivity index is 2.04. The van der Waals surface area contributed by atoms with Gasteiger partial charge in [-0.15, -0.1) is 0 Å². The lowest BCUT2D eigenvalue weighted by molar-refractivity contribution is -0.151. The normalized spacial score (nSPS) is 43.7. The van der Waals surface area contributed by atoms with E-state index >= 15 is 0 Å². The van der Waals surface area contributed by atoms with Crippen LogP contribution in [0.1, 0.15) is 12.8 Å². The molecule has 1 saturated carbocycles. The van der Waals surface area contributed by atoms with Gasteiger partial charge in [-0.2, -0.15) is 0 Å². The average Bonchev–Trinajstić information content (AvgIpc) is 2.50. The lowest BCUT2D eigenvalue weighted by atomic mass is 9.72. The van der Waals surface area contributed by atoms with Crippen LogP contribution in [-0.2, 0) is 9.59 Å². The summed E-state index contributed by atoms with van der Waals surface area (Å²) in [5.74, 6) is 0.753. The SMILES string of the molecule is O=C1CNC(=O)C23CC(CN12)C3. The number of carbonyl (C=O) groups excluding carboxylic acids is 2. The molecule has 1 spiro atoms. The summed E-state index contributed by atoms with van der Waals surface area (Å²) in [7, 11) is 0. The summed E-state index contributed by atoms with van der Waals surface area (Å²) >= 11 is 0. The van der Waals surface area contributed by atoms with Crippen molar-refractivity contribution in [3.05, 3.63) is 0 Å². The maximum atomic E-state index is 11.5. The third-order valence-corrected chi connectivity index (χ3v) is 3.33. The molecule has 2 bridgehead atoms. The Morgan fingerprint density at radius 3 is 2.83 bits per heavy atom. The van der Waals surface area contributed by atoms with E-state index in [-0.39, 0.29) is 18.4 Å². The van der Waals surface area contributed by atoms with Crippen LogP contribution in [0.3, 0.4) is 0 Å². The van der Waals surface area contributed by atoms with E-state index in [2.05, 4.69) is 5.32 Å². The molecule has 12 heavy (non-hydrogen) atoms. The monoisotopic (exact) mass is 166 g/mol. The van der Waals surface area contributed by atoms with E-state index < -0.39 is 5.54 Å². The second kappa shape index (κ2) is 1.65. The highest BCUT2D eigenvalue weighted by atomic mass is 16.2. The highest BCUT2D eigenvalue weighted by molar-refractivity contribution is 5.99. The van der Waals surface area contributed by atoms with Crippen molar-refractivity contribution in [1.82, 2.24) is 10.2 Å². The van der Waals surface area contributed by atoms with Crippen LogP contribution < -0.4 is 5.32 Å². The Bertz CT molecular complexity index is 278. The van der Waals surface area contributed by atoms with Crippen molar-refractivity contribution >= 4 is 11.8 Å². The topological polar surface area (TPSA) is 49.4 Å². The highest BCUT2D eigenvalue weighted by Crippen LogP contribution is 2.51. The molecule has 4 heteroatoms. The molecule has 4 nitrogen and oxygen atoms in total. The van der Waals surface area contributed by atoms with Crippen molar-refractivity contribution in [3.8, 4) is 0 Å². The summed E-state index contributed by atoms with van der Waals surface area (Å²) in [6.07, 6.45) is 1.79. The van der Waals surface area contributed by atoms with Gasteiger partial charge < -0.3 is 10.2 Å². The van der Waals surface area contributed by atoms with Crippen LogP contribution in [0.5, 0.6) is 0 Å². The van der Waals surface area contributed by atoms with E-state index in [1.165, 1.54) is 0 Å². The smallest absolute Gasteiger partial charge is 0.246 e. The number of nitrogens with zero attached hydrogens (tertiary/aromatic N) is 1. The second-order valence-corrected chi connectivity index (χ2v) is 3.99. The summed E-state index contributed by atoms with van der Waals surface area (Å²) in [5, 5.41) is 2.65. The Labute approximate surface area is 69.9 Å². The summed E-state index contributed by atoms with van der Waals surface area (Å²) in [4.78, 5) is 24.6. The fourth-order valence-electron chi connectivity index (χ4n) is 2.74. The predicted molar refractivity (Wildman–Crippen MR) is 40.2 cm³/mol. The predicted octanol–water partition coefficient (Wildman–Crippen LogP) is -0.893. The molecule has 3 saturated heterocycles.